The van der Waals surface area contributed by atoms with Gasteiger partial charge in [-0.1, -0.05) is 35.9 Å². The van der Waals surface area contributed by atoms with Crippen LogP contribution in [0.15, 0.2) is 54.6 Å². The topological polar surface area (TPSA) is 64.6 Å². The summed E-state index contributed by atoms with van der Waals surface area (Å²) in [4.78, 5) is 26.5. The Balaban J connectivity index is 1.82. The van der Waals surface area contributed by atoms with Crippen LogP contribution in [0.4, 0.5) is 0 Å². The van der Waals surface area contributed by atoms with Gasteiger partial charge in [-0.05, 0) is 60.9 Å². The number of halogens is 1. The van der Waals surface area contributed by atoms with Gasteiger partial charge in [-0.15, -0.1) is 11.3 Å². The molecule has 31 heavy (non-hydrogen) atoms. The van der Waals surface area contributed by atoms with Crippen LogP contribution in [0, 0.1) is 0 Å². The zero-order valence-corrected chi connectivity index (χ0v) is 19.2. The van der Waals surface area contributed by atoms with E-state index in [1.54, 1.807) is 25.3 Å². The van der Waals surface area contributed by atoms with Crippen LogP contribution in [0.1, 0.15) is 34.6 Å². The Morgan fingerprint density at radius 3 is 2.52 bits per heavy atom. The van der Waals surface area contributed by atoms with Crippen molar-refractivity contribution in [2.24, 2.45) is 0 Å². The van der Waals surface area contributed by atoms with Crippen molar-refractivity contribution in [1.29, 1.82) is 0 Å². The Kier molecular flexibility index (Phi) is 7.71. The fourth-order valence-corrected chi connectivity index (χ4v) is 4.26. The van der Waals surface area contributed by atoms with Crippen LogP contribution in [0.3, 0.4) is 0 Å². The van der Waals surface area contributed by atoms with Crippen LogP contribution in [0.2, 0.25) is 5.02 Å². The summed E-state index contributed by atoms with van der Waals surface area (Å²) >= 11 is 7.36. The number of methoxy groups -OCH3 is 1. The molecule has 0 aliphatic heterocycles. The van der Waals surface area contributed by atoms with Crippen molar-refractivity contribution in [3.63, 3.8) is 0 Å². The highest BCUT2D eigenvalue weighted by atomic mass is 35.5. The summed E-state index contributed by atoms with van der Waals surface area (Å²) in [6, 6.07) is 16.6. The first kappa shape index (κ1) is 22.8. The summed E-state index contributed by atoms with van der Waals surface area (Å²) in [6.07, 6.45) is -0.105. The average molecular weight is 458 g/mol. The summed E-state index contributed by atoms with van der Waals surface area (Å²) in [6.45, 7) is 3.99. The molecule has 0 atom stereocenters. The zero-order chi connectivity index (χ0) is 22.4. The standard InChI is InChI=1S/C24H24ClNO4S/c1-15(2)30-22(27)13-18-12-21(31-23(18)17-7-9-19(25)10-8-17)24(28)26-14-16-5-4-6-20(11-16)29-3/h4-12,15H,13-14H2,1-3H3,(H,26,28). The highest BCUT2D eigenvalue weighted by molar-refractivity contribution is 7.17. The van der Waals surface area contributed by atoms with E-state index in [1.807, 2.05) is 50.2 Å². The number of esters is 1. The minimum absolute atomic E-state index is 0.0931. The lowest BCUT2D eigenvalue weighted by molar-refractivity contribution is -0.146. The maximum atomic E-state index is 12.8. The third-order valence-electron chi connectivity index (χ3n) is 4.43. The van der Waals surface area contributed by atoms with Gasteiger partial charge in [-0.3, -0.25) is 9.59 Å². The van der Waals surface area contributed by atoms with Gasteiger partial charge in [-0.25, -0.2) is 0 Å². The fraction of sp³-hybridized carbons (Fsp3) is 0.250. The van der Waals surface area contributed by atoms with Crippen LogP contribution in [-0.2, 0) is 22.5 Å². The van der Waals surface area contributed by atoms with Gasteiger partial charge in [0.15, 0.2) is 0 Å². The number of carbonyl (C=O) groups is 2. The molecule has 0 bridgehead atoms. The number of benzene rings is 2. The second-order valence-electron chi connectivity index (χ2n) is 7.22. The first-order chi connectivity index (χ1) is 14.9. The number of amides is 1. The predicted octanol–water partition coefficient (Wildman–Crippen LogP) is 5.50. The molecule has 0 saturated carbocycles. The summed E-state index contributed by atoms with van der Waals surface area (Å²) in [7, 11) is 1.60. The maximum absolute atomic E-state index is 12.8. The van der Waals surface area contributed by atoms with Crippen LogP contribution in [0.5, 0.6) is 5.75 Å². The van der Waals surface area contributed by atoms with Crippen LogP contribution in [0.25, 0.3) is 10.4 Å². The Labute approximate surface area is 191 Å². The minimum atomic E-state index is -0.327. The lowest BCUT2D eigenvalue weighted by Crippen LogP contribution is -2.21. The first-order valence-corrected chi connectivity index (χ1v) is 11.0. The van der Waals surface area contributed by atoms with Crippen molar-refractivity contribution in [2.75, 3.05) is 7.11 Å². The van der Waals surface area contributed by atoms with Crippen LogP contribution < -0.4 is 10.1 Å². The highest BCUT2D eigenvalue weighted by Gasteiger charge is 2.19. The highest BCUT2D eigenvalue weighted by Crippen LogP contribution is 2.34. The Hall–Kier alpha value is -2.83. The summed E-state index contributed by atoms with van der Waals surface area (Å²) in [5, 5.41) is 3.55. The lowest BCUT2D eigenvalue weighted by atomic mass is 10.1. The fourth-order valence-electron chi connectivity index (χ4n) is 3.03. The van der Waals surface area contributed by atoms with Gasteiger partial charge in [0.05, 0.1) is 24.5 Å². The molecule has 7 heteroatoms. The lowest BCUT2D eigenvalue weighted by Gasteiger charge is -2.08. The molecule has 0 unspecified atom stereocenters. The molecule has 0 aliphatic rings. The molecular weight excluding hydrogens is 434 g/mol. The van der Waals surface area contributed by atoms with Crippen molar-refractivity contribution in [3.8, 4) is 16.2 Å². The normalized spacial score (nSPS) is 10.7. The van der Waals surface area contributed by atoms with E-state index in [-0.39, 0.29) is 24.4 Å². The van der Waals surface area contributed by atoms with E-state index in [1.165, 1.54) is 11.3 Å². The molecule has 162 valence electrons. The molecule has 0 spiro atoms. The summed E-state index contributed by atoms with van der Waals surface area (Å²) in [5.41, 5.74) is 2.58. The smallest absolute Gasteiger partial charge is 0.310 e. The molecule has 0 fully saturated rings. The number of hydrogen-bond donors (Lipinski definition) is 1. The number of hydrogen-bond acceptors (Lipinski definition) is 5. The van der Waals surface area contributed by atoms with Crippen molar-refractivity contribution >= 4 is 34.8 Å². The quantitative estimate of drug-likeness (QED) is 0.453. The van der Waals surface area contributed by atoms with Gasteiger partial charge in [-0.2, -0.15) is 0 Å². The van der Waals surface area contributed by atoms with Gasteiger partial charge in [0.25, 0.3) is 5.91 Å². The third kappa shape index (κ3) is 6.32. The minimum Gasteiger partial charge on any atom is -0.497 e. The summed E-state index contributed by atoms with van der Waals surface area (Å²) in [5.74, 6) is 0.205. The second kappa shape index (κ2) is 10.5. The zero-order valence-electron chi connectivity index (χ0n) is 17.6. The van der Waals surface area contributed by atoms with Crippen molar-refractivity contribution in [3.05, 3.63) is 75.6 Å². The van der Waals surface area contributed by atoms with Crippen LogP contribution in [-0.4, -0.2) is 25.1 Å². The second-order valence-corrected chi connectivity index (χ2v) is 8.71. The molecule has 0 radical (unpaired) electrons. The molecule has 5 nitrogen and oxygen atoms in total. The Bertz CT molecular complexity index is 1060. The van der Waals surface area contributed by atoms with E-state index in [0.717, 1.165) is 27.3 Å². The molecule has 1 amide bonds. The number of ether oxygens (including phenoxy) is 2. The first-order valence-electron chi connectivity index (χ1n) is 9.85. The number of rotatable bonds is 8. The molecule has 0 aliphatic carbocycles. The number of thiophene rings is 1. The van der Waals surface area contributed by atoms with Crippen LogP contribution >= 0.6 is 22.9 Å². The molecule has 1 heterocycles. The molecule has 1 aromatic heterocycles. The predicted molar refractivity (Wildman–Crippen MR) is 124 cm³/mol. The summed E-state index contributed by atoms with van der Waals surface area (Å²) < 4.78 is 10.5. The number of nitrogens with one attached hydrogen (secondary N) is 1. The van der Waals surface area contributed by atoms with E-state index < -0.39 is 0 Å². The third-order valence-corrected chi connectivity index (χ3v) is 5.91. The molecule has 3 aromatic rings. The van der Waals surface area contributed by atoms with E-state index in [2.05, 4.69) is 5.32 Å². The van der Waals surface area contributed by atoms with E-state index in [9.17, 15) is 9.59 Å². The van der Waals surface area contributed by atoms with E-state index >= 15 is 0 Å². The van der Waals surface area contributed by atoms with Gasteiger partial charge >= 0.3 is 5.97 Å². The Morgan fingerprint density at radius 1 is 1.10 bits per heavy atom. The van der Waals surface area contributed by atoms with Gasteiger partial charge in [0, 0.05) is 16.4 Å². The molecular formula is C24H24ClNO4S. The maximum Gasteiger partial charge on any atom is 0.310 e. The SMILES string of the molecule is COc1cccc(CNC(=O)c2cc(CC(=O)OC(C)C)c(-c3ccc(Cl)cc3)s2)c1. The van der Waals surface area contributed by atoms with Crippen molar-refractivity contribution < 1.29 is 19.1 Å². The molecule has 3 rings (SSSR count). The molecule has 2 aromatic carbocycles. The molecule has 1 N–H and O–H groups in total. The van der Waals surface area contributed by atoms with Gasteiger partial charge < -0.3 is 14.8 Å². The monoisotopic (exact) mass is 457 g/mol. The number of carbonyl (C=O) groups excluding carboxylic acids is 2. The van der Waals surface area contributed by atoms with Crippen molar-refractivity contribution in [2.45, 2.75) is 32.9 Å². The van der Waals surface area contributed by atoms with Gasteiger partial charge in [0.2, 0.25) is 0 Å². The van der Waals surface area contributed by atoms with E-state index in [4.69, 9.17) is 21.1 Å². The van der Waals surface area contributed by atoms with Crippen molar-refractivity contribution in [1.82, 2.24) is 5.32 Å². The average Bonchev–Trinajstić information content (AvgIpc) is 3.15. The molecule has 0 saturated heterocycles. The van der Waals surface area contributed by atoms with Gasteiger partial charge in [0.1, 0.15) is 5.75 Å². The van der Waals surface area contributed by atoms with E-state index in [0.29, 0.717) is 16.4 Å². The largest absolute Gasteiger partial charge is 0.497 e. The Morgan fingerprint density at radius 2 is 1.84 bits per heavy atom.